The van der Waals surface area contributed by atoms with Gasteiger partial charge in [0, 0.05) is 13.0 Å². The summed E-state index contributed by atoms with van der Waals surface area (Å²) >= 11 is 0. The van der Waals surface area contributed by atoms with Crippen LogP contribution in [0, 0.1) is 5.92 Å². The van der Waals surface area contributed by atoms with Crippen molar-refractivity contribution in [1.82, 2.24) is 4.90 Å². The van der Waals surface area contributed by atoms with Gasteiger partial charge in [-0.25, -0.2) is 4.79 Å². The predicted molar refractivity (Wildman–Crippen MR) is 72.5 cm³/mol. The van der Waals surface area contributed by atoms with Crippen LogP contribution in [0.3, 0.4) is 0 Å². The summed E-state index contributed by atoms with van der Waals surface area (Å²) in [6.07, 6.45) is 5.32. The van der Waals surface area contributed by atoms with E-state index in [1.54, 1.807) is 11.8 Å². The van der Waals surface area contributed by atoms with Gasteiger partial charge in [-0.3, -0.25) is 4.79 Å². The number of rotatable bonds is 1. The average Bonchev–Trinajstić information content (AvgIpc) is 2.65. The Morgan fingerprint density at radius 2 is 1.79 bits per heavy atom. The molecule has 1 saturated carbocycles. The summed E-state index contributed by atoms with van der Waals surface area (Å²) in [5.74, 6) is 0.248. The maximum atomic E-state index is 12.3. The van der Waals surface area contributed by atoms with Gasteiger partial charge >= 0.3 is 5.97 Å². The fourth-order valence-corrected chi connectivity index (χ4v) is 3.49. The van der Waals surface area contributed by atoms with Gasteiger partial charge in [-0.1, -0.05) is 12.8 Å². The van der Waals surface area contributed by atoms with Crippen LogP contribution < -0.4 is 0 Å². The second-order valence-electron chi connectivity index (χ2n) is 6.82. The van der Waals surface area contributed by atoms with E-state index in [0.717, 1.165) is 25.7 Å². The molecule has 0 bridgehead atoms. The van der Waals surface area contributed by atoms with Crippen molar-refractivity contribution in [3.8, 4) is 0 Å². The highest BCUT2D eigenvalue weighted by Gasteiger charge is 2.47. The molecule has 19 heavy (non-hydrogen) atoms. The Balaban J connectivity index is 2.14. The van der Waals surface area contributed by atoms with Gasteiger partial charge in [0.1, 0.15) is 11.6 Å². The fourth-order valence-electron chi connectivity index (χ4n) is 3.49. The Morgan fingerprint density at radius 1 is 1.16 bits per heavy atom. The van der Waals surface area contributed by atoms with Gasteiger partial charge in [0.15, 0.2) is 0 Å². The van der Waals surface area contributed by atoms with Crippen LogP contribution in [-0.4, -0.2) is 34.5 Å². The number of amides is 1. The van der Waals surface area contributed by atoms with E-state index in [2.05, 4.69) is 0 Å². The minimum atomic E-state index is -0.493. The van der Waals surface area contributed by atoms with Gasteiger partial charge in [-0.2, -0.15) is 0 Å². The number of ether oxygens (including phenoxy) is 1. The number of carbonyl (C=O) groups excluding carboxylic acids is 2. The molecular weight excluding hydrogens is 242 g/mol. The van der Waals surface area contributed by atoms with E-state index in [0.29, 0.717) is 5.92 Å². The second-order valence-corrected chi connectivity index (χ2v) is 6.82. The van der Waals surface area contributed by atoms with E-state index >= 15 is 0 Å². The SMILES string of the molecule is CC(=O)N1C(C(=O)OC(C)(C)C)CC2CCCCC21. The molecule has 1 saturated heterocycles. The van der Waals surface area contributed by atoms with Crippen molar-refractivity contribution in [2.75, 3.05) is 0 Å². The van der Waals surface area contributed by atoms with E-state index in [1.165, 1.54) is 6.42 Å². The molecule has 1 amide bonds. The molecule has 2 aliphatic rings. The van der Waals surface area contributed by atoms with E-state index in [-0.39, 0.29) is 24.0 Å². The van der Waals surface area contributed by atoms with Crippen LogP contribution in [-0.2, 0) is 14.3 Å². The van der Waals surface area contributed by atoms with E-state index in [9.17, 15) is 9.59 Å². The lowest BCUT2D eigenvalue weighted by atomic mass is 9.85. The highest BCUT2D eigenvalue weighted by Crippen LogP contribution is 2.40. The van der Waals surface area contributed by atoms with Crippen LogP contribution in [0.4, 0.5) is 0 Å². The smallest absolute Gasteiger partial charge is 0.329 e. The number of esters is 1. The zero-order valence-electron chi connectivity index (χ0n) is 12.4. The molecule has 1 heterocycles. The highest BCUT2D eigenvalue weighted by molar-refractivity contribution is 5.84. The average molecular weight is 267 g/mol. The van der Waals surface area contributed by atoms with Crippen molar-refractivity contribution in [3.05, 3.63) is 0 Å². The Labute approximate surface area is 115 Å². The first kappa shape index (κ1) is 14.4. The van der Waals surface area contributed by atoms with Crippen LogP contribution in [0.5, 0.6) is 0 Å². The first-order chi connectivity index (χ1) is 8.79. The molecule has 1 aliphatic heterocycles. The predicted octanol–water partition coefficient (Wildman–Crippen LogP) is 2.51. The zero-order valence-corrected chi connectivity index (χ0v) is 12.4. The van der Waals surface area contributed by atoms with Crippen molar-refractivity contribution < 1.29 is 14.3 Å². The molecule has 2 rings (SSSR count). The van der Waals surface area contributed by atoms with Crippen molar-refractivity contribution in [2.45, 2.75) is 77.5 Å². The largest absolute Gasteiger partial charge is 0.458 e. The summed E-state index contributed by atoms with van der Waals surface area (Å²) in [7, 11) is 0. The van der Waals surface area contributed by atoms with E-state index in [4.69, 9.17) is 4.74 Å². The van der Waals surface area contributed by atoms with Crippen molar-refractivity contribution >= 4 is 11.9 Å². The van der Waals surface area contributed by atoms with Crippen LogP contribution in [0.15, 0.2) is 0 Å². The zero-order chi connectivity index (χ0) is 14.2. The first-order valence-corrected chi connectivity index (χ1v) is 7.31. The lowest BCUT2D eigenvalue weighted by molar-refractivity contribution is -0.163. The number of likely N-dealkylation sites (tertiary alicyclic amines) is 1. The quantitative estimate of drug-likeness (QED) is 0.686. The third-order valence-electron chi connectivity index (χ3n) is 4.13. The van der Waals surface area contributed by atoms with E-state index < -0.39 is 5.60 Å². The minimum Gasteiger partial charge on any atom is -0.458 e. The highest BCUT2D eigenvalue weighted by atomic mass is 16.6. The Hall–Kier alpha value is -1.06. The normalized spacial score (nSPS) is 30.9. The molecule has 3 unspecified atom stereocenters. The minimum absolute atomic E-state index is 0.00487. The molecule has 4 heteroatoms. The van der Waals surface area contributed by atoms with Gasteiger partial charge < -0.3 is 9.64 Å². The molecule has 0 radical (unpaired) electrons. The van der Waals surface area contributed by atoms with Crippen LogP contribution >= 0.6 is 0 Å². The monoisotopic (exact) mass is 267 g/mol. The molecular formula is C15H25NO3. The Bertz CT molecular complexity index is 372. The number of nitrogens with zero attached hydrogens (tertiary/aromatic N) is 1. The molecule has 4 nitrogen and oxygen atoms in total. The summed E-state index contributed by atoms with van der Waals surface area (Å²) in [6.45, 7) is 7.16. The summed E-state index contributed by atoms with van der Waals surface area (Å²) in [4.78, 5) is 26.0. The van der Waals surface area contributed by atoms with Crippen LogP contribution in [0.25, 0.3) is 0 Å². The van der Waals surface area contributed by atoms with Crippen molar-refractivity contribution in [3.63, 3.8) is 0 Å². The molecule has 1 aliphatic carbocycles. The Morgan fingerprint density at radius 3 is 2.37 bits per heavy atom. The molecule has 0 aromatic rings. The third kappa shape index (κ3) is 3.10. The Kier molecular flexibility index (Phi) is 3.88. The maximum absolute atomic E-state index is 12.3. The van der Waals surface area contributed by atoms with Crippen LogP contribution in [0.2, 0.25) is 0 Å². The topological polar surface area (TPSA) is 46.6 Å². The third-order valence-corrected chi connectivity index (χ3v) is 4.13. The molecule has 0 spiro atoms. The van der Waals surface area contributed by atoms with Gasteiger partial charge in [0.2, 0.25) is 5.91 Å². The fraction of sp³-hybridized carbons (Fsp3) is 0.867. The van der Waals surface area contributed by atoms with Gasteiger partial charge in [-0.05, 0) is 46.0 Å². The van der Waals surface area contributed by atoms with Crippen molar-refractivity contribution in [1.29, 1.82) is 0 Å². The van der Waals surface area contributed by atoms with Gasteiger partial charge in [0.05, 0.1) is 0 Å². The van der Waals surface area contributed by atoms with Crippen molar-refractivity contribution in [2.24, 2.45) is 5.92 Å². The van der Waals surface area contributed by atoms with E-state index in [1.807, 2.05) is 20.8 Å². The number of carbonyl (C=O) groups is 2. The number of hydrogen-bond donors (Lipinski definition) is 0. The first-order valence-electron chi connectivity index (χ1n) is 7.31. The molecule has 0 N–H and O–H groups in total. The number of fused-ring (bicyclic) bond motifs is 1. The summed E-state index contributed by atoms with van der Waals surface area (Å²) < 4.78 is 5.48. The molecule has 0 aromatic heterocycles. The van der Waals surface area contributed by atoms with Gasteiger partial charge in [-0.15, -0.1) is 0 Å². The molecule has 108 valence electrons. The lowest BCUT2D eigenvalue weighted by Gasteiger charge is -2.33. The summed E-state index contributed by atoms with van der Waals surface area (Å²) in [6, 6.07) is -0.117. The summed E-state index contributed by atoms with van der Waals surface area (Å²) in [5.41, 5.74) is -0.493. The number of hydrogen-bond acceptors (Lipinski definition) is 3. The molecule has 0 aromatic carbocycles. The summed E-state index contributed by atoms with van der Waals surface area (Å²) in [5, 5.41) is 0. The van der Waals surface area contributed by atoms with Crippen LogP contribution in [0.1, 0.15) is 59.8 Å². The lowest BCUT2D eigenvalue weighted by Crippen LogP contribution is -2.46. The maximum Gasteiger partial charge on any atom is 0.329 e. The van der Waals surface area contributed by atoms with Gasteiger partial charge in [0.25, 0.3) is 0 Å². The standard InChI is InChI=1S/C15H25NO3/c1-10(17)16-12-8-6-5-7-11(12)9-13(16)14(18)19-15(2,3)4/h11-13H,5-9H2,1-4H3. The second kappa shape index (κ2) is 5.14. The molecule has 3 atom stereocenters. The molecule has 2 fully saturated rings.